The van der Waals surface area contributed by atoms with Gasteiger partial charge in [0.1, 0.15) is 0 Å². The van der Waals surface area contributed by atoms with Crippen LogP contribution in [0.25, 0.3) is 0 Å². The number of ketones is 1. The summed E-state index contributed by atoms with van der Waals surface area (Å²) in [4.78, 5) is 14.3. The van der Waals surface area contributed by atoms with Gasteiger partial charge < -0.3 is 4.74 Å². The zero-order valence-electron chi connectivity index (χ0n) is 12.2. The first-order valence-electron chi connectivity index (χ1n) is 6.74. The second-order valence-corrected chi connectivity index (χ2v) is 5.75. The van der Waals surface area contributed by atoms with Crippen LogP contribution in [0.15, 0.2) is 70.5 Å². The van der Waals surface area contributed by atoms with Crippen LogP contribution < -0.4 is 0 Å². The third kappa shape index (κ3) is 4.59. The van der Waals surface area contributed by atoms with Crippen LogP contribution in [-0.2, 0) is 4.74 Å². The van der Waals surface area contributed by atoms with Crippen LogP contribution in [0, 0.1) is 6.92 Å². The summed E-state index contributed by atoms with van der Waals surface area (Å²) in [6.07, 6.45) is 1.83. The number of carbonyl (C=O) groups excluding carboxylic acids is 1. The maximum Gasteiger partial charge on any atom is 0.199 e. The van der Waals surface area contributed by atoms with Crippen molar-refractivity contribution < 1.29 is 9.53 Å². The second kappa shape index (κ2) is 7.81. The predicted octanol–water partition coefficient (Wildman–Crippen LogP) is 4.50. The van der Waals surface area contributed by atoms with E-state index in [0.717, 1.165) is 4.90 Å². The van der Waals surface area contributed by atoms with E-state index in [1.165, 1.54) is 17.3 Å². The highest BCUT2D eigenvalue weighted by molar-refractivity contribution is 8.04. The fraction of sp³-hybridized carbons (Fsp3) is 0.167. The molecule has 0 atom stereocenters. The number of aryl methyl sites for hydroxylation is 1. The largest absolute Gasteiger partial charge is 0.381 e. The third-order valence-corrected chi connectivity index (χ3v) is 4.02. The van der Waals surface area contributed by atoms with Gasteiger partial charge in [0, 0.05) is 17.6 Å². The van der Waals surface area contributed by atoms with Crippen LogP contribution >= 0.6 is 11.8 Å². The highest BCUT2D eigenvalue weighted by atomic mass is 32.2. The maximum absolute atomic E-state index is 12.6. The monoisotopic (exact) mass is 298 g/mol. The molecule has 0 aliphatic rings. The minimum Gasteiger partial charge on any atom is -0.381 e. The van der Waals surface area contributed by atoms with Gasteiger partial charge in [0.25, 0.3) is 0 Å². The molecule has 0 aliphatic carbocycles. The Balaban J connectivity index is 2.22. The van der Waals surface area contributed by atoms with Gasteiger partial charge in [0.05, 0.1) is 11.5 Å². The third-order valence-electron chi connectivity index (χ3n) is 2.94. The van der Waals surface area contributed by atoms with Crippen molar-refractivity contribution in [2.24, 2.45) is 0 Å². The number of Topliss-reactive ketones (excluding diaryl/α,β-unsaturated/α-hetero) is 1. The van der Waals surface area contributed by atoms with Crippen molar-refractivity contribution in [2.75, 3.05) is 13.7 Å². The lowest BCUT2D eigenvalue weighted by Gasteiger charge is -2.07. The van der Waals surface area contributed by atoms with Crippen LogP contribution in [0.2, 0.25) is 0 Å². The van der Waals surface area contributed by atoms with Crippen molar-refractivity contribution in [3.63, 3.8) is 0 Å². The van der Waals surface area contributed by atoms with Crippen molar-refractivity contribution in [2.45, 2.75) is 11.8 Å². The van der Waals surface area contributed by atoms with Crippen molar-refractivity contribution in [1.82, 2.24) is 0 Å². The smallest absolute Gasteiger partial charge is 0.199 e. The quantitative estimate of drug-likeness (QED) is 0.446. The van der Waals surface area contributed by atoms with Crippen LogP contribution in [-0.4, -0.2) is 19.5 Å². The topological polar surface area (TPSA) is 26.3 Å². The van der Waals surface area contributed by atoms with E-state index < -0.39 is 0 Å². The molecule has 3 heteroatoms. The number of rotatable bonds is 6. The molecule has 0 radical (unpaired) electrons. The molecule has 0 saturated carbocycles. The SMILES string of the molecule is COC/C=C(\Sc1ccc(C)cc1)C(=O)c1ccccc1. The Morgan fingerprint density at radius 3 is 2.38 bits per heavy atom. The molecule has 0 aromatic heterocycles. The summed E-state index contributed by atoms with van der Waals surface area (Å²) in [6.45, 7) is 2.47. The van der Waals surface area contributed by atoms with Gasteiger partial charge in [0.2, 0.25) is 0 Å². The Kier molecular flexibility index (Phi) is 5.78. The number of carbonyl (C=O) groups is 1. The van der Waals surface area contributed by atoms with Gasteiger partial charge in [-0.15, -0.1) is 0 Å². The number of hydrogen-bond acceptors (Lipinski definition) is 3. The zero-order valence-corrected chi connectivity index (χ0v) is 13.0. The van der Waals surface area contributed by atoms with Gasteiger partial charge in [-0.1, -0.05) is 59.8 Å². The molecule has 0 spiro atoms. The van der Waals surface area contributed by atoms with E-state index in [4.69, 9.17) is 4.74 Å². The summed E-state index contributed by atoms with van der Waals surface area (Å²) in [5.41, 5.74) is 1.90. The van der Waals surface area contributed by atoms with Crippen LogP contribution in [0.4, 0.5) is 0 Å². The molecule has 0 heterocycles. The molecular weight excluding hydrogens is 280 g/mol. The van der Waals surface area contributed by atoms with Gasteiger partial charge in [0.15, 0.2) is 5.78 Å². The molecule has 0 fully saturated rings. The first-order chi connectivity index (χ1) is 10.2. The van der Waals surface area contributed by atoms with Crippen molar-refractivity contribution in [3.8, 4) is 0 Å². The van der Waals surface area contributed by atoms with E-state index in [2.05, 4.69) is 0 Å². The number of ether oxygens (including phenoxy) is 1. The predicted molar refractivity (Wildman–Crippen MR) is 87.8 cm³/mol. The summed E-state index contributed by atoms with van der Waals surface area (Å²) < 4.78 is 5.07. The van der Waals surface area contributed by atoms with E-state index in [0.29, 0.717) is 17.1 Å². The highest BCUT2D eigenvalue weighted by Gasteiger charge is 2.13. The molecule has 2 aromatic rings. The highest BCUT2D eigenvalue weighted by Crippen LogP contribution is 2.29. The van der Waals surface area contributed by atoms with Gasteiger partial charge >= 0.3 is 0 Å². The fourth-order valence-corrected chi connectivity index (χ4v) is 2.69. The summed E-state index contributed by atoms with van der Waals surface area (Å²) in [5, 5.41) is 0. The van der Waals surface area contributed by atoms with Gasteiger partial charge in [-0.3, -0.25) is 4.79 Å². The molecule has 0 unspecified atom stereocenters. The van der Waals surface area contributed by atoms with Crippen molar-refractivity contribution in [3.05, 3.63) is 76.7 Å². The standard InChI is InChI=1S/C18H18O2S/c1-14-8-10-16(11-9-14)21-17(12-13-20-2)18(19)15-6-4-3-5-7-15/h3-12H,13H2,1-2H3/b17-12-. The first kappa shape index (κ1) is 15.5. The van der Waals surface area contributed by atoms with E-state index in [1.807, 2.05) is 67.6 Å². The molecule has 21 heavy (non-hydrogen) atoms. The van der Waals surface area contributed by atoms with Crippen LogP contribution in [0.5, 0.6) is 0 Å². The van der Waals surface area contributed by atoms with E-state index in [-0.39, 0.29) is 5.78 Å². The second-order valence-electron chi connectivity index (χ2n) is 4.63. The summed E-state index contributed by atoms with van der Waals surface area (Å²) >= 11 is 1.47. The molecule has 2 rings (SSSR count). The van der Waals surface area contributed by atoms with Crippen LogP contribution in [0.3, 0.4) is 0 Å². The Morgan fingerprint density at radius 1 is 1.10 bits per heavy atom. The Labute approximate surface area is 129 Å². The molecule has 2 aromatic carbocycles. The van der Waals surface area contributed by atoms with Gasteiger partial charge in [-0.25, -0.2) is 0 Å². The van der Waals surface area contributed by atoms with E-state index in [1.54, 1.807) is 7.11 Å². The molecule has 0 N–H and O–H groups in total. The lowest BCUT2D eigenvalue weighted by atomic mass is 10.1. The minimum atomic E-state index is 0.0261. The molecular formula is C18H18O2S. The van der Waals surface area contributed by atoms with Crippen LogP contribution in [0.1, 0.15) is 15.9 Å². The summed E-state index contributed by atoms with van der Waals surface area (Å²) in [5.74, 6) is 0.0261. The molecule has 108 valence electrons. The number of hydrogen-bond donors (Lipinski definition) is 0. The first-order valence-corrected chi connectivity index (χ1v) is 7.55. The molecule has 2 nitrogen and oxygen atoms in total. The molecule has 0 aliphatic heterocycles. The van der Waals surface area contributed by atoms with E-state index >= 15 is 0 Å². The average Bonchev–Trinajstić information content (AvgIpc) is 2.53. The Hall–Kier alpha value is -1.84. The number of benzene rings is 2. The van der Waals surface area contributed by atoms with Gasteiger partial charge in [-0.05, 0) is 25.1 Å². The maximum atomic E-state index is 12.6. The summed E-state index contributed by atoms with van der Waals surface area (Å²) in [6, 6.07) is 17.5. The fourth-order valence-electron chi connectivity index (χ4n) is 1.80. The number of thioether (sulfide) groups is 1. The Morgan fingerprint density at radius 2 is 1.76 bits per heavy atom. The molecule has 0 saturated heterocycles. The normalized spacial score (nSPS) is 11.4. The molecule has 0 amide bonds. The van der Waals surface area contributed by atoms with Crippen molar-refractivity contribution in [1.29, 1.82) is 0 Å². The van der Waals surface area contributed by atoms with Crippen molar-refractivity contribution >= 4 is 17.5 Å². The average molecular weight is 298 g/mol. The Bertz CT molecular complexity index is 615. The number of allylic oxidation sites excluding steroid dienone is 1. The zero-order chi connectivity index (χ0) is 15.1. The molecule has 0 bridgehead atoms. The van der Waals surface area contributed by atoms with E-state index in [9.17, 15) is 4.79 Å². The lowest BCUT2D eigenvalue weighted by Crippen LogP contribution is -2.02. The minimum absolute atomic E-state index is 0.0261. The number of methoxy groups -OCH3 is 1. The summed E-state index contributed by atoms with van der Waals surface area (Å²) in [7, 11) is 1.62. The lowest BCUT2D eigenvalue weighted by molar-refractivity contribution is 0.104. The van der Waals surface area contributed by atoms with Gasteiger partial charge in [-0.2, -0.15) is 0 Å².